The topological polar surface area (TPSA) is 71.4 Å². The first-order chi connectivity index (χ1) is 6.79. The van der Waals surface area contributed by atoms with Crippen molar-refractivity contribution in [2.75, 3.05) is 6.54 Å². The van der Waals surface area contributed by atoms with Crippen LogP contribution in [0.1, 0.15) is 16.1 Å². The third kappa shape index (κ3) is 1.52. The standard InChI is InChI=1S/C9H7N3O2/c13-5-6-1-2-7(10-3-6)9-11-4-8(14)12-9/h1-3,5H,4H2,(H,11,12,14). The quantitative estimate of drug-likeness (QED) is 0.653. The van der Waals surface area contributed by atoms with Gasteiger partial charge in [-0.05, 0) is 12.1 Å². The smallest absolute Gasteiger partial charge is 0.247 e. The predicted molar refractivity (Wildman–Crippen MR) is 49.2 cm³/mol. The number of rotatable bonds is 2. The van der Waals surface area contributed by atoms with Crippen molar-refractivity contribution in [1.82, 2.24) is 10.3 Å². The van der Waals surface area contributed by atoms with Crippen LogP contribution in [0, 0.1) is 0 Å². The van der Waals surface area contributed by atoms with E-state index in [0.29, 0.717) is 23.4 Å². The number of aldehydes is 1. The number of aliphatic imine (C=N–C) groups is 1. The molecule has 5 nitrogen and oxygen atoms in total. The van der Waals surface area contributed by atoms with Crippen molar-refractivity contribution < 1.29 is 9.59 Å². The number of amidine groups is 1. The summed E-state index contributed by atoms with van der Waals surface area (Å²) in [4.78, 5) is 29.1. The third-order valence-corrected chi connectivity index (χ3v) is 1.80. The molecule has 14 heavy (non-hydrogen) atoms. The monoisotopic (exact) mass is 189 g/mol. The first kappa shape index (κ1) is 8.55. The van der Waals surface area contributed by atoms with Crippen LogP contribution >= 0.6 is 0 Å². The van der Waals surface area contributed by atoms with Crippen LogP contribution in [-0.2, 0) is 4.79 Å². The molecule has 1 aromatic rings. The summed E-state index contributed by atoms with van der Waals surface area (Å²) in [6, 6.07) is 3.27. The summed E-state index contributed by atoms with van der Waals surface area (Å²) in [7, 11) is 0. The van der Waals surface area contributed by atoms with Gasteiger partial charge in [0.2, 0.25) is 5.91 Å². The minimum absolute atomic E-state index is 0.138. The van der Waals surface area contributed by atoms with Crippen LogP contribution in [0.15, 0.2) is 23.3 Å². The molecule has 5 heteroatoms. The highest BCUT2D eigenvalue weighted by Gasteiger charge is 2.15. The number of hydrogen-bond donors (Lipinski definition) is 1. The molecular formula is C9H7N3O2. The van der Waals surface area contributed by atoms with Crippen LogP contribution in [0.25, 0.3) is 0 Å². The van der Waals surface area contributed by atoms with Gasteiger partial charge in [0.05, 0.1) is 0 Å². The average molecular weight is 189 g/mol. The lowest BCUT2D eigenvalue weighted by Gasteiger charge is -1.99. The number of carbonyl (C=O) groups excluding carboxylic acids is 2. The molecule has 0 unspecified atom stereocenters. The largest absolute Gasteiger partial charge is 0.308 e. The molecule has 0 saturated carbocycles. The molecule has 1 aliphatic heterocycles. The number of pyridine rings is 1. The summed E-state index contributed by atoms with van der Waals surface area (Å²) in [5.74, 6) is 0.328. The van der Waals surface area contributed by atoms with E-state index in [1.54, 1.807) is 12.1 Å². The highest BCUT2D eigenvalue weighted by Crippen LogP contribution is 2.01. The van der Waals surface area contributed by atoms with Gasteiger partial charge < -0.3 is 5.32 Å². The minimum Gasteiger partial charge on any atom is -0.308 e. The molecule has 0 spiro atoms. The molecule has 70 valence electrons. The first-order valence-electron chi connectivity index (χ1n) is 4.05. The van der Waals surface area contributed by atoms with E-state index in [4.69, 9.17) is 0 Å². The molecule has 0 bridgehead atoms. The summed E-state index contributed by atoms with van der Waals surface area (Å²) in [5, 5.41) is 2.57. The van der Waals surface area contributed by atoms with Crippen molar-refractivity contribution in [1.29, 1.82) is 0 Å². The van der Waals surface area contributed by atoms with Crippen molar-refractivity contribution >= 4 is 18.0 Å². The molecule has 1 N–H and O–H groups in total. The number of aromatic nitrogens is 1. The van der Waals surface area contributed by atoms with Gasteiger partial charge in [-0.15, -0.1) is 0 Å². The van der Waals surface area contributed by atoms with E-state index in [1.807, 2.05) is 0 Å². The summed E-state index contributed by atoms with van der Waals surface area (Å²) in [6.45, 7) is 0.145. The molecule has 0 atom stereocenters. The summed E-state index contributed by atoms with van der Waals surface area (Å²) < 4.78 is 0. The van der Waals surface area contributed by atoms with Crippen molar-refractivity contribution in [2.24, 2.45) is 4.99 Å². The number of carbonyl (C=O) groups is 2. The van der Waals surface area contributed by atoms with Crippen molar-refractivity contribution in [3.05, 3.63) is 29.6 Å². The van der Waals surface area contributed by atoms with E-state index in [2.05, 4.69) is 15.3 Å². The molecule has 0 aliphatic carbocycles. The van der Waals surface area contributed by atoms with E-state index >= 15 is 0 Å². The Balaban J connectivity index is 2.25. The zero-order chi connectivity index (χ0) is 9.97. The Bertz CT molecular complexity index is 409. The lowest BCUT2D eigenvalue weighted by Crippen LogP contribution is -2.25. The Hall–Kier alpha value is -2.04. The lowest BCUT2D eigenvalue weighted by atomic mass is 10.2. The van der Waals surface area contributed by atoms with E-state index < -0.39 is 0 Å². The van der Waals surface area contributed by atoms with Gasteiger partial charge in [0, 0.05) is 11.8 Å². The van der Waals surface area contributed by atoms with E-state index in [1.165, 1.54) is 6.20 Å². The second-order valence-corrected chi connectivity index (χ2v) is 2.81. The summed E-state index contributed by atoms with van der Waals surface area (Å²) in [5.41, 5.74) is 1.07. The zero-order valence-corrected chi connectivity index (χ0v) is 7.23. The van der Waals surface area contributed by atoms with Crippen LogP contribution in [0.4, 0.5) is 0 Å². The number of nitrogens with one attached hydrogen (secondary N) is 1. The van der Waals surface area contributed by atoms with Crippen molar-refractivity contribution in [3.63, 3.8) is 0 Å². The fourth-order valence-electron chi connectivity index (χ4n) is 1.12. The van der Waals surface area contributed by atoms with Gasteiger partial charge in [-0.2, -0.15) is 0 Å². The zero-order valence-electron chi connectivity index (χ0n) is 7.23. The molecule has 0 aromatic carbocycles. The fourth-order valence-corrected chi connectivity index (χ4v) is 1.12. The third-order valence-electron chi connectivity index (χ3n) is 1.80. The molecule has 1 aliphatic rings. The predicted octanol–water partition coefficient (Wildman–Crippen LogP) is -0.229. The number of nitrogens with zero attached hydrogens (tertiary/aromatic N) is 2. The fraction of sp³-hybridized carbons (Fsp3) is 0.111. The molecule has 2 rings (SSSR count). The molecule has 0 radical (unpaired) electrons. The Kier molecular flexibility index (Phi) is 2.06. The molecule has 1 amide bonds. The highest BCUT2D eigenvalue weighted by molar-refractivity contribution is 6.11. The van der Waals surface area contributed by atoms with Crippen LogP contribution < -0.4 is 5.32 Å². The Morgan fingerprint density at radius 2 is 2.29 bits per heavy atom. The lowest BCUT2D eigenvalue weighted by molar-refractivity contribution is -0.117. The maximum absolute atomic E-state index is 10.8. The van der Waals surface area contributed by atoms with Crippen molar-refractivity contribution in [3.8, 4) is 0 Å². The Labute approximate surface area is 79.9 Å². The average Bonchev–Trinajstić information content (AvgIpc) is 2.65. The second-order valence-electron chi connectivity index (χ2n) is 2.81. The summed E-state index contributed by atoms with van der Waals surface area (Å²) in [6.07, 6.45) is 2.15. The van der Waals surface area contributed by atoms with E-state index in [-0.39, 0.29) is 12.5 Å². The maximum Gasteiger partial charge on any atom is 0.247 e. The second kappa shape index (κ2) is 3.37. The van der Waals surface area contributed by atoms with Crippen LogP contribution in [0.3, 0.4) is 0 Å². The van der Waals surface area contributed by atoms with E-state index in [0.717, 1.165) is 0 Å². The van der Waals surface area contributed by atoms with Gasteiger partial charge in [0.25, 0.3) is 0 Å². The Morgan fingerprint density at radius 3 is 2.79 bits per heavy atom. The van der Waals surface area contributed by atoms with Gasteiger partial charge in [0.1, 0.15) is 12.2 Å². The number of hydrogen-bond acceptors (Lipinski definition) is 4. The number of amides is 1. The SMILES string of the molecule is O=Cc1ccc(C2=NCC(=O)N2)nc1. The van der Waals surface area contributed by atoms with Crippen LogP contribution in [-0.4, -0.2) is 29.6 Å². The van der Waals surface area contributed by atoms with Gasteiger partial charge in [-0.1, -0.05) is 0 Å². The normalized spacial score (nSPS) is 14.9. The van der Waals surface area contributed by atoms with E-state index in [9.17, 15) is 9.59 Å². The van der Waals surface area contributed by atoms with Gasteiger partial charge in [-0.25, -0.2) is 0 Å². The van der Waals surface area contributed by atoms with Gasteiger partial charge in [0.15, 0.2) is 12.1 Å². The minimum atomic E-state index is -0.138. The molecular weight excluding hydrogens is 182 g/mol. The molecule has 1 aromatic heterocycles. The maximum atomic E-state index is 10.8. The Morgan fingerprint density at radius 1 is 1.43 bits per heavy atom. The first-order valence-corrected chi connectivity index (χ1v) is 4.05. The van der Waals surface area contributed by atoms with Crippen molar-refractivity contribution in [2.45, 2.75) is 0 Å². The summed E-state index contributed by atoms with van der Waals surface area (Å²) >= 11 is 0. The van der Waals surface area contributed by atoms with Crippen LogP contribution in [0.5, 0.6) is 0 Å². The molecule has 0 saturated heterocycles. The van der Waals surface area contributed by atoms with Crippen LogP contribution in [0.2, 0.25) is 0 Å². The van der Waals surface area contributed by atoms with Gasteiger partial charge in [-0.3, -0.25) is 19.6 Å². The molecule has 2 heterocycles. The highest BCUT2D eigenvalue weighted by atomic mass is 16.2. The molecule has 0 fully saturated rings. The van der Waals surface area contributed by atoms with Gasteiger partial charge >= 0.3 is 0 Å².